The minimum atomic E-state index is -4.64. The molecule has 1 unspecified atom stereocenters. The molecule has 0 N–H and O–H groups in total. The predicted molar refractivity (Wildman–Crippen MR) is 231 cm³/mol. The van der Waals surface area contributed by atoms with Crippen LogP contribution in [0.3, 0.4) is 0 Å². The highest BCUT2D eigenvalue weighted by Gasteiger charge is 2.21. The summed E-state index contributed by atoms with van der Waals surface area (Å²) in [5.74, 6) is -0.890. The van der Waals surface area contributed by atoms with Gasteiger partial charge >= 0.3 is 11.9 Å². The van der Waals surface area contributed by atoms with Gasteiger partial charge in [0.15, 0.2) is 6.10 Å². The van der Waals surface area contributed by atoms with Crippen molar-refractivity contribution in [3.8, 4) is 0 Å². The molecule has 0 bridgehead atoms. The predicted octanol–water partition coefficient (Wildman–Crippen LogP) is 11.6. The average Bonchev–Trinajstić information content (AvgIpc) is 3.15. The second kappa shape index (κ2) is 38.0. The van der Waals surface area contributed by atoms with E-state index in [1.807, 2.05) is 21.1 Å². The molecule has 322 valence electrons. The molecular formula is C46H80NO8P. The number of unbranched alkanes of at least 4 members (excludes halogenated alkanes) is 12. The first-order chi connectivity index (χ1) is 27.0. The lowest BCUT2D eigenvalue weighted by molar-refractivity contribution is -0.870. The molecule has 0 aliphatic carbocycles. The molecule has 2 atom stereocenters. The van der Waals surface area contributed by atoms with Gasteiger partial charge < -0.3 is 27.9 Å². The molecule has 0 spiro atoms. The highest BCUT2D eigenvalue weighted by atomic mass is 31.2. The number of nitrogens with zero attached hydrogens (tertiary/aromatic N) is 1. The number of rotatable bonds is 38. The number of hydrogen-bond acceptors (Lipinski definition) is 8. The van der Waals surface area contributed by atoms with Gasteiger partial charge in [0.2, 0.25) is 0 Å². The van der Waals surface area contributed by atoms with Crippen LogP contribution >= 0.6 is 7.82 Å². The first-order valence-corrected chi connectivity index (χ1v) is 23.1. The van der Waals surface area contributed by atoms with Crippen LogP contribution in [0, 0.1) is 0 Å². The number of phosphoric ester groups is 1. The maximum Gasteiger partial charge on any atom is 0.306 e. The fraction of sp³-hybridized carbons (Fsp3) is 0.696. The Morgan fingerprint density at radius 1 is 0.571 bits per heavy atom. The van der Waals surface area contributed by atoms with Gasteiger partial charge in [0, 0.05) is 12.8 Å². The van der Waals surface area contributed by atoms with Gasteiger partial charge in [0.1, 0.15) is 19.8 Å². The number of ether oxygens (including phenoxy) is 2. The molecule has 0 aromatic carbocycles. The summed E-state index contributed by atoms with van der Waals surface area (Å²) in [6, 6.07) is 0. The molecule has 0 saturated heterocycles. The van der Waals surface area contributed by atoms with Crippen LogP contribution in [0.4, 0.5) is 0 Å². The van der Waals surface area contributed by atoms with Gasteiger partial charge in [0.25, 0.3) is 7.82 Å². The van der Waals surface area contributed by atoms with E-state index in [0.29, 0.717) is 23.9 Å². The van der Waals surface area contributed by atoms with Crippen molar-refractivity contribution in [1.82, 2.24) is 0 Å². The lowest BCUT2D eigenvalue weighted by Gasteiger charge is -2.28. The van der Waals surface area contributed by atoms with Crippen molar-refractivity contribution < 1.29 is 42.1 Å². The highest BCUT2D eigenvalue weighted by molar-refractivity contribution is 7.45. The molecule has 0 aliphatic heterocycles. The molecule has 0 heterocycles. The molecule has 56 heavy (non-hydrogen) atoms. The zero-order valence-electron chi connectivity index (χ0n) is 36.1. The Morgan fingerprint density at radius 3 is 1.55 bits per heavy atom. The van der Waals surface area contributed by atoms with Crippen molar-refractivity contribution in [3.05, 3.63) is 72.9 Å². The zero-order chi connectivity index (χ0) is 41.4. The topological polar surface area (TPSA) is 111 Å². The summed E-state index contributed by atoms with van der Waals surface area (Å²) in [7, 11) is 1.13. The van der Waals surface area contributed by atoms with Crippen LogP contribution in [0.2, 0.25) is 0 Å². The molecule has 0 saturated carbocycles. The third kappa shape index (κ3) is 41.1. The number of hydrogen-bond donors (Lipinski definition) is 0. The van der Waals surface area contributed by atoms with Crippen molar-refractivity contribution in [2.24, 2.45) is 0 Å². The van der Waals surface area contributed by atoms with E-state index in [0.717, 1.165) is 89.9 Å². The van der Waals surface area contributed by atoms with E-state index in [9.17, 15) is 19.0 Å². The summed E-state index contributed by atoms with van der Waals surface area (Å²) in [5, 5.41) is 0. The molecule has 0 aliphatic rings. The van der Waals surface area contributed by atoms with Gasteiger partial charge in [-0.25, -0.2) is 0 Å². The normalized spacial score (nSPS) is 14.3. The molecule has 0 radical (unpaired) electrons. The maximum atomic E-state index is 12.6. The van der Waals surface area contributed by atoms with Crippen LogP contribution in [-0.4, -0.2) is 70.0 Å². The molecule has 0 rings (SSSR count). The quantitative estimate of drug-likeness (QED) is 0.0199. The molecule has 0 amide bonds. The summed E-state index contributed by atoms with van der Waals surface area (Å²) in [6.45, 7) is 4.02. The molecule has 0 aromatic rings. The van der Waals surface area contributed by atoms with E-state index >= 15 is 0 Å². The van der Waals surface area contributed by atoms with Crippen LogP contribution in [0.1, 0.15) is 155 Å². The number of esters is 2. The minimum absolute atomic E-state index is 0.0415. The van der Waals surface area contributed by atoms with Gasteiger partial charge in [-0.3, -0.25) is 14.2 Å². The van der Waals surface area contributed by atoms with Crippen LogP contribution in [0.25, 0.3) is 0 Å². The van der Waals surface area contributed by atoms with E-state index in [1.54, 1.807) is 0 Å². The fourth-order valence-corrected chi connectivity index (χ4v) is 6.05. The summed E-state index contributed by atoms with van der Waals surface area (Å²) in [5.41, 5.74) is 0. The van der Waals surface area contributed by atoms with Crippen molar-refractivity contribution >= 4 is 19.8 Å². The third-order valence-electron chi connectivity index (χ3n) is 8.71. The Morgan fingerprint density at radius 2 is 1.02 bits per heavy atom. The van der Waals surface area contributed by atoms with Crippen LogP contribution in [-0.2, 0) is 32.7 Å². The molecule has 0 aromatic heterocycles. The van der Waals surface area contributed by atoms with Gasteiger partial charge in [-0.15, -0.1) is 0 Å². The van der Waals surface area contributed by atoms with Crippen LogP contribution < -0.4 is 4.89 Å². The van der Waals surface area contributed by atoms with Gasteiger partial charge in [-0.1, -0.05) is 132 Å². The Hall–Kier alpha value is -2.55. The van der Waals surface area contributed by atoms with E-state index in [4.69, 9.17) is 18.5 Å². The second-order valence-electron chi connectivity index (χ2n) is 15.3. The summed E-state index contributed by atoms with van der Waals surface area (Å²) < 4.78 is 33.8. The van der Waals surface area contributed by atoms with Gasteiger partial charge in [-0.2, -0.15) is 0 Å². The second-order valence-corrected chi connectivity index (χ2v) is 16.7. The number of allylic oxidation sites excluding steroid dienone is 12. The van der Waals surface area contributed by atoms with Gasteiger partial charge in [0.05, 0.1) is 27.7 Å². The monoisotopic (exact) mass is 806 g/mol. The Labute approximate surface area is 342 Å². The van der Waals surface area contributed by atoms with E-state index in [1.165, 1.54) is 25.7 Å². The SMILES string of the molecule is CC/C=C\C/C=C\C/C=C\C/C=C\C/C=C\CCCCCC(=O)OC[C@H](COP(=O)([O-])OCC[N+](C)(C)C)OC(=O)CCCCCCC/C=C\CCCCCC. The number of carbonyl (C=O) groups is 2. The van der Waals surface area contributed by atoms with E-state index < -0.39 is 32.5 Å². The standard InChI is InChI=1S/C46H80NO8P/c1-6-8-10-12-14-16-18-20-21-22-23-24-25-27-28-30-32-34-36-38-45(48)52-42-44(43-54-56(50,51)53-41-40-47(3,4)5)55-46(49)39-37-35-33-31-29-26-19-17-15-13-11-9-7-2/h8,10,14,16-17,19-21,23-24,27-28,44H,6-7,9,11-13,15,18,22,25-26,29-43H2,1-5H3/b10-8-,16-14-,19-17-,21-20-,24-23-,28-27-/t44-/m1/s1. The summed E-state index contributed by atoms with van der Waals surface area (Å²) >= 11 is 0. The average molecular weight is 806 g/mol. The van der Waals surface area contributed by atoms with Gasteiger partial charge in [-0.05, 0) is 83.5 Å². The zero-order valence-corrected chi connectivity index (χ0v) is 36.9. The van der Waals surface area contributed by atoms with Crippen molar-refractivity contribution in [3.63, 3.8) is 0 Å². The van der Waals surface area contributed by atoms with Crippen molar-refractivity contribution in [2.75, 3.05) is 47.5 Å². The van der Waals surface area contributed by atoms with E-state index in [-0.39, 0.29) is 26.1 Å². The molecule has 0 fully saturated rings. The van der Waals surface area contributed by atoms with Crippen molar-refractivity contribution in [2.45, 2.75) is 161 Å². The maximum absolute atomic E-state index is 12.6. The van der Waals surface area contributed by atoms with Crippen molar-refractivity contribution in [1.29, 1.82) is 0 Å². The first-order valence-electron chi connectivity index (χ1n) is 21.6. The summed E-state index contributed by atoms with van der Waals surface area (Å²) in [4.78, 5) is 37.5. The molecule has 10 heteroatoms. The number of carbonyl (C=O) groups excluding carboxylic acids is 2. The van der Waals surface area contributed by atoms with Crippen LogP contribution in [0.5, 0.6) is 0 Å². The Bertz CT molecular complexity index is 1180. The number of likely N-dealkylation sites (N-methyl/N-ethyl adjacent to an activating group) is 1. The molecular weight excluding hydrogens is 725 g/mol. The first kappa shape index (κ1) is 53.5. The Balaban J connectivity index is 4.44. The smallest absolute Gasteiger partial charge is 0.306 e. The fourth-order valence-electron chi connectivity index (χ4n) is 5.32. The van der Waals surface area contributed by atoms with Crippen LogP contribution in [0.15, 0.2) is 72.9 Å². The minimum Gasteiger partial charge on any atom is -0.756 e. The lowest BCUT2D eigenvalue weighted by Crippen LogP contribution is -2.37. The largest absolute Gasteiger partial charge is 0.756 e. The lowest BCUT2D eigenvalue weighted by atomic mass is 10.1. The third-order valence-corrected chi connectivity index (χ3v) is 9.67. The molecule has 9 nitrogen and oxygen atoms in total. The Kier molecular flexibility index (Phi) is 36.3. The highest BCUT2D eigenvalue weighted by Crippen LogP contribution is 2.38. The number of quaternary nitrogens is 1. The number of phosphoric acid groups is 1. The summed E-state index contributed by atoms with van der Waals surface area (Å²) in [6.07, 6.45) is 46.4. The van der Waals surface area contributed by atoms with E-state index in [2.05, 4.69) is 86.8 Å².